The zero-order chi connectivity index (χ0) is 21.8. The van der Waals surface area contributed by atoms with Crippen LogP contribution in [0.4, 0.5) is 4.39 Å². The van der Waals surface area contributed by atoms with Gasteiger partial charge in [-0.1, -0.05) is 65.7 Å². The number of nitrogens with zero attached hydrogens (tertiary/aromatic N) is 1. The number of hydrogen-bond donors (Lipinski definition) is 1. The van der Waals surface area contributed by atoms with Crippen LogP contribution in [0.5, 0.6) is 0 Å². The Hall–Kier alpha value is -2.98. The molecule has 3 aromatic rings. The fourth-order valence-corrected chi connectivity index (χ4v) is 4.44. The Balaban J connectivity index is 1.38. The lowest BCUT2D eigenvalue weighted by Gasteiger charge is -2.24. The molecule has 4 heteroatoms. The summed E-state index contributed by atoms with van der Waals surface area (Å²) in [4.78, 5) is 15.0. The third kappa shape index (κ3) is 5.39. The minimum Gasteiger partial charge on any atom is -0.351 e. The first-order valence-corrected chi connectivity index (χ1v) is 10.9. The largest absolute Gasteiger partial charge is 0.351 e. The summed E-state index contributed by atoms with van der Waals surface area (Å²) >= 11 is 0. The van der Waals surface area contributed by atoms with Gasteiger partial charge in [0, 0.05) is 13.1 Å². The van der Waals surface area contributed by atoms with Crippen LogP contribution >= 0.6 is 0 Å². The van der Waals surface area contributed by atoms with Crippen LogP contribution in [0.15, 0.2) is 66.7 Å². The van der Waals surface area contributed by atoms with Crippen LogP contribution in [0.25, 0.3) is 11.1 Å². The first-order chi connectivity index (χ1) is 15.0. The zero-order valence-corrected chi connectivity index (χ0v) is 18.2. The molecule has 1 heterocycles. The van der Waals surface area contributed by atoms with Gasteiger partial charge in [-0.25, -0.2) is 4.39 Å². The number of carbonyl (C=O) groups is 1. The average Bonchev–Trinajstić information content (AvgIpc) is 3.20. The van der Waals surface area contributed by atoms with E-state index in [9.17, 15) is 9.18 Å². The number of hydrogen-bond acceptors (Lipinski definition) is 2. The summed E-state index contributed by atoms with van der Waals surface area (Å²) in [6, 6.07) is 21.5. The van der Waals surface area contributed by atoms with Gasteiger partial charge in [0.05, 0.1) is 6.04 Å². The Morgan fingerprint density at radius 1 is 0.968 bits per heavy atom. The molecule has 0 saturated carbocycles. The quantitative estimate of drug-likeness (QED) is 0.584. The predicted molar refractivity (Wildman–Crippen MR) is 123 cm³/mol. The topological polar surface area (TPSA) is 32.3 Å². The van der Waals surface area contributed by atoms with E-state index >= 15 is 0 Å². The maximum atomic E-state index is 13.4. The molecule has 3 nitrogen and oxygen atoms in total. The highest BCUT2D eigenvalue weighted by Crippen LogP contribution is 2.25. The van der Waals surface area contributed by atoms with Crippen molar-refractivity contribution in [2.45, 2.75) is 45.8 Å². The summed E-state index contributed by atoms with van der Waals surface area (Å²) in [6.45, 7) is 6.27. The van der Waals surface area contributed by atoms with Crippen LogP contribution in [0.3, 0.4) is 0 Å². The molecule has 160 valence electrons. The van der Waals surface area contributed by atoms with E-state index in [-0.39, 0.29) is 17.8 Å². The summed E-state index contributed by atoms with van der Waals surface area (Å²) in [7, 11) is 0. The number of likely N-dealkylation sites (tertiary alicyclic amines) is 1. The van der Waals surface area contributed by atoms with Gasteiger partial charge in [0.2, 0.25) is 5.91 Å². The van der Waals surface area contributed by atoms with Crippen molar-refractivity contribution in [3.8, 4) is 11.1 Å². The van der Waals surface area contributed by atoms with Crippen molar-refractivity contribution < 1.29 is 9.18 Å². The zero-order valence-electron chi connectivity index (χ0n) is 18.2. The van der Waals surface area contributed by atoms with Crippen LogP contribution in [0.1, 0.15) is 35.1 Å². The Morgan fingerprint density at radius 2 is 1.71 bits per heavy atom. The van der Waals surface area contributed by atoms with Crippen molar-refractivity contribution in [1.82, 2.24) is 10.2 Å². The first-order valence-electron chi connectivity index (χ1n) is 10.9. The minimum atomic E-state index is -0.279. The van der Waals surface area contributed by atoms with Gasteiger partial charge in [-0.05, 0) is 67.6 Å². The average molecular weight is 417 g/mol. The molecule has 1 aliphatic heterocycles. The highest BCUT2D eigenvalue weighted by atomic mass is 19.1. The molecule has 1 saturated heterocycles. The lowest BCUT2D eigenvalue weighted by atomic mass is 9.99. The number of halogens is 1. The number of nitrogens with one attached hydrogen (secondary N) is 1. The van der Waals surface area contributed by atoms with E-state index in [0.717, 1.165) is 31.5 Å². The standard InChI is InChI=1S/C27H29FN2O/c1-19-13-20(2)15-24(14-19)23-10-8-21(9-11-23)18-30-12-4-7-26(30)27(31)29-17-22-5-3-6-25(28)16-22/h3,5-6,8-11,13-16,26H,4,7,12,17-18H2,1-2H3,(H,29,31). The Bertz CT molecular complexity index is 1040. The Kier molecular flexibility index (Phi) is 6.47. The summed E-state index contributed by atoms with van der Waals surface area (Å²) in [5.74, 6) is -0.257. The van der Waals surface area contributed by atoms with Gasteiger partial charge in [0.25, 0.3) is 0 Å². The number of carbonyl (C=O) groups excluding carboxylic acids is 1. The second kappa shape index (κ2) is 9.44. The van der Waals surface area contributed by atoms with Crippen molar-refractivity contribution in [3.63, 3.8) is 0 Å². The van der Waals surface area contributed by atoms with Crippen LogP contribution in [-0.2, 0) is 17.9 Å². The van der Waals surface area contributed by atoms with E-state index in [4.69, 9.17) is 0 Å². The molecule has 0 aliphatic carbocycles. The normalized spacial score (nSPS) is 16.4. The van der Waals surface area contributed by atoms with Crippen LogP contribution in [0.2, 0.25) is 0 Å². The molecule has 0 bridgehead atoms. The predicted octanol–water partition coefficient (Wildman–Crippen LogP) is 5.39. The molecule has 1 amide bonds. The van der Waals surface area contributed by atoms with E-state index in [0.29, 0.717) is 6.54 Å². The molecular weight excluding hydrogens is 387 g/mol. The van der Waals surface area contributed by atoms with Crippen LogP contribution in [-0.4, -0.2) is 23.4 Å². The molecule has 0 radical (unpaired) electrons. The third-order valence-corrected chi connectivity index (χ3v) is 5.92. The molecule has 31 heavy (non-hydrogen) atoms. The highest BCUT2D eigenvalue weighted by Gasteiger charge is 2.30. The molecule has 4 rings (SSSR count). The van der Waals surface area contributed by atoms with E-state index in [1.165, 1.54) is 39.9 Å². The Labute approximate surface area is 183 Å². The van der Waals surface area contributed by atoms with E-state index < -0.39 is 0 Å². The molecule has 1 aliphatic rings. The Morgan fingerprint density at radius 3 is 2.42 bits per heavy atom. The molecule has 0 aromatic heterocycles. The van der Waals surface area contributed by atoms with Gasteiger partial charge in [0.15, 0.2) is 0 Å². The van der Waals surface area contributed by atoms with Gasteiger partial charge < -0.3 is 5.32 Å². The van der Waals surface area contributed by atoms with Crippen molar-refractivity contribution in [3.05, 3.63) is 94.8 Å². The molecule has 1 unspecified atom stereocenters. The van der Waals surface area contributed by atoms with Gasteiger partial charge in [-0.3, -0.25) is 9.69 Å². The minimum absolute atomic E-state index is 0.0219. The lowest BCUT2D eigenvalue weighted by molar-refractivity contribution is -0.125. The van der Waals surface area contributed by atoms with E-state index in [1.54, 1.807) is 6.07 Å². The SMILES string of the molecule is Cc1cc(C)cc(-c2ccc(CN3CCCC3C(=O)NCc3cccc(F)c3)cc2)c1. The molecule has 0 spiro atoms. The number of rotatable bonds is 6. The van der Waals surface area contributed by atoms with Crippen molar-refractivity contribution in [1.29, 1.82) is 0 Å². The fraction of sp³-hybridized carbons (Fsp3) is 0.296. The molecule has 1 atom stereocenters. The van der Waals surface area contributed by atoms with Gasteiger partial charge in [0.1, 0.15) is 5.82 Å². The van der Waals surface area contributed by atoms with Gasteiger partial charge >= 0.3 is 0 Å². The fourth-order valence-electron chi connectivity index (χ4n) is 4.44. The summed E-state index contributed by atoms with van der Waals surface area (Å²) in [5.41, 5.74) is 6.96. The van der Waals surface area contributed by atoms with Crippen molar-refractivity contribution >= 4 is 5.91 Å². The van der Waals surface area contributed by atoms with Crippen molar-refractivity contribution in [2.24, 2.45) is 0 Å². The number of aryl methyl sites for hydroxylation is 2. The maximum absolute atomic E-state index is 13.4. The van der Waals surface area contributed by atoms with Gasteiger partial charge in [-0.15, -0.1) is 0 Å². The van der Waals surface area contributed by atoms with Crippen LogP contribution in [0, 0.1) is 19.7 Å². The second-order valence-corrected chi connectivity index (χ2v) is 8.55. The second-order valence-electron chi connectivity index (χ2n) is 8.55. The third-order valence-electron chi connectivity index (χ3n) is 5.92. The molecular formula is C27H29FN2O. The highest BCUT2D eigenvalue weighted by molar-refractivity contribution is 5.82. The van der Waals surface area contributed by atoms with E-state index in [1.807, 2.05) is 6.07 Å². The maximum Gasteiger partial charge on any atom is 0.237 e. The van der Waals surface area contributed by atoms with Gasteiger partial charge in [-0.2, -0.15) is 0 Å². The molecule has 3 aromatic carbocycles. The molecule has 1 fully saturated rings. The molecule has 1 N–H and O–H groups in total. The van der Waals surface area contributed by atoms with E-state index in [2.05, 4.69) is 66.5 Å². The van der Waals surface area contributed by atoms with Crippen molar-refractivity contribution in [2.75, 3.05) is 6.54 Å². The number of benzene rings is 3. The van der Waals surface area contributed by atoms with Crippen LogP contribution < -0.4 is 5.32 Å². The summed E-state index contributed by atoms with van der Waals surface area (Å²) < 4.78 is 13.4. The first kappa shape index (κ1) is 21.3. The summed E-state index contributed by atoms with van der Waals surface area (Å²) in [6.07, 6.45) is 1.87. The smallest absolute Gasteiger partial charge is 0.237 e. The lowest BCUT2D eigenvalue weighted by Crippen LogP contribution is -2.42. The number of amides is 1. The summed E-state index contributed by atoms with van der Waals surface area (Å²) in [5, 5.41) is 2.98. The monoisotopic (exact) mass is 416 g/mol.